The Hall–Kier alpha value is -2.83. The minimum atomic E-state index is -1.17. The lowest BCUT2D eigenvalue weighted by Crippen LogP contribution is -2.19. The van der Waals surface area contributed by atoms with Gasteiger partial charge in [-0.05, 0) is 31.0 Å². The van der Waals surface area contributed by atoms with E-state index in [0.29, 0.717) is 5.56 Å². The Bertz CT molecular complexity index is 704. The average molecular weight is 300 g/mol. The van der Waals surface area contributed by atoms with Crippen LogP contribution in [0.15, 0.2) is 30.5 Å². The molecule has 2 heterocycles. The highest BCUT2D eigenvalue weighted by Crippen LogP contribution is 2.22. The summed E-state index contributed by atoms with van der Waals surface area (Å²) in [6, 6.07) is 7.33. The standard InChI is InChI=1S/C15H16N4O3/c20-14(17-12-9-16-18-13(12)15(21)22)10-4-3-5-11(8-10)19-6-1-2-7-19/h3-5,8-9H,1-2,6-7H2,(H,16,18)(H,17,20)(H,21,22). The van der Waals surface area contributed by atoms with Gasteiger partial charge in [0.25, 0.3) is 5.91 Å². The number of carboxylic acids is 1. The van der Waals surface area contributed by atoms with E-state index in [1.54, 1.807) is 6.07 Å². The van der Waals surface area contributed by atoms with Crippen molar-refractivity contribution in [1.82, 2.24) is 10.2 Å². The van der Waals surface area contributed by atoms with Crippen LogP contribution in [-0.2, 0) is 0 Å². The largest absolute Gasteiger partial charge is 0.476 e. The predicted octanol–water partition coefficient (Wildman–Crippen LogP) is 1.96. The fraction of sp³-hybridized carbons (Fsp3) is 0.267. The first kappa shape index (κ1) is 14.1. The van der Waals surface area contributed by atoms with Crippen molar-refractivity contribution >= 4 is 23.3 Å². The van der Waals surface area contributed by atoms with Crippen LogP contribution in [0.2, 0.25) is 0 Å². The van der Waals surface area contributed by atoms with Crippen LogP contribution in [0.4, 0.5) is 11.4 Å². The number of hydrogen-bond donors (Lipinski definition) is 3. The molecular formula is C15H16N4O3. The second-order valence-electron chi connectivity index (χ2n) is 5.16. The molecule has 1 amide bonds. The average Bonchev–Trinajstić information content (AvgIpc) is 3.18. The summed E-state index contributed by atoms with van der Waals surface area (Å²) in [7, 11) is 0. The zero-order chi connectivity index (χ0) is 15.5. The summed E-state index contributed by atoms with van der Waals surface area (Å²) in [5, 5.41) is 17.6. The lowest BCUT2D eigenvalue weighted by atomic mass is 10.1. The Morgan fingerprint density at radius 2 is 2.05 bits per heavy atom. The Labute approximate surface area is 126 Å². The predicted molar refractivity (Wildman–Crippen MR) is 81.4 cm³/mol. The molecule has 7 heteroatoms. The lowest BCUT2D eigenvalue weighted by Gasteiger charge is -2.18. The maximum Gasteiger partial charge on any atom is 0.356 e. The van der Waals surface area contributed by atoms with Crippen molar-refractivity contribution in [2.24, 2.45) is 0 Å². The van der Waals surface area contributed by atoms with Crippen LogP contribution >= 0.6 is 0 Å². The molecule has 1 aromatic heterocycles. The second kappa shape index (κ2) is 5.88. The third-order valence-electron chi connectivity index (χ3n) is 3.68. The third-order valence-corrected chi connectivity index (χ3v) is 3.68. The third kappa shape index (κ3) is 2.78. The second-order valence-corrected chi connectivity index (χ2v) is 5.16. The molecule has 0 bridgehead atoms. The van der Waals surface area contributed by atoms with E-state index in [4.69, 9.17) is 5.11 Å². The van der Waals surface area contributed by atoms with Crippen LogP contribution in [0.3, 0.4) is 0 Å². The molecule has 0 unspecified atom stereocenters. The number of nitrogens with zero attached hydrogens (tertiary/aromatic N) is 2. The van der Waals surface area contributed by atoms with Crippen LogP contribution in [0, 0.1) is 0 Å². The van der Waals surface area contributed by atoms with E-state index in [0.717, 1.165) is 31.6 Å². The molecule has 0 radical (unpaired) electrons. The molecular weight excluding hydrogens is 284 g/mol. The van der Waals surface area contributed by atoms with Gasteiger partial charge in [0.1, 0.15) is 0 Å². The molecule has 1 aliphatic rings. The Morgan fingerprint density at radius 3 is 2.77 bits per heavy atom. The monoisotopic (exact) mass is 300 g/mol. The maximum absolute atomic E-state index is 12.3. The van der Waals surface area contributed by atoms with Crippen molar-refractivity contribution in [3.63, 3.8) is 0 Å². The number of benzene rings is 1. The molecule has 1 aromatic carbocycles. The molecule has 114 valence electrons. The number of carbonyl (C=O) groups is 2. The minimum Gasteiger partial charge on any atom is -0.476 e. The van der Waals surface area contributed by atoms with Gasteiger partial charge >= 0.3 is 5.97 Å². The Balaban J connectivity index is 1.78. The summed E-state index contributed by atoms with van der Waals surface area (Å²) in [6.45, 7) is 1.99. The SMILES string of the molecule is O=C(Nc1cn[nH]c1C(=O)O)c1cccc(N2CCCC2)c1. The molecule has 3 rings (SSSR count). The van der Waals surface area contributed by atoms with Gasteiger partial charge in [0, 0.05) is 24.3 Å². The Kier molecular flexibility index (Phi) is 3.78. The number of nitrogens with one attached hydrogen (secondary N) is 2. The number of aromatic nitrogens is 2. The number of amides is 1. The van der Waals surface area contributed by atoms with Crippen LogP contribution < -0.4 is 10.2 Å². The molecule has 3 N–H and O–H groups in total. The van der Waals surface area contributed by atoms with Crippen LogP contribution in [0.5, 0.6) is 0 Å². The molecule has 2 aromatic rings. The summed E-state index contributed by atoms with van der Waals surface area (Å²) in [6.07, 6.45) is 3.60. The van der Waals surface area contributed by atoms with Crippen LogP contribution in [0.25, 0.3) is 0 Å². The number of carbonyl (C=O) groups excluding carboxylic acids is 1. The number of aromatic amines is 1. The van der Waals surface area contributed by atoms with Gasteiger partial charge < -0.3 is 15.3 Å². The highest BCUT2D eigenvalue weighted by atomic mass is 16.4. The van der Waals surface area contributed by atoms with Crippen molar-refractivity contribution in [3.05, 3.63) is 41.7 Å². The van der Waals surface area contributed by atoms with Gasteiger partial charge in [-0.2, -0.15) is 5.10 Å². The number of anilines is 2. The summed E-state index contributed by atoms with van der Waals surface area (Å²) < 4.78 is 0. The van der Waals surface area contributed by atoms with Crippen LogP contribution in [0.1, 0.15) is 33.7 Å². The summed E-state index contributed by atoms with van der Waals surface area (Å²) in [5.41, 5.74) is 1.52. The molecule has 0 spiro atoms. The molecule has 22 heavy (non-hydrogen) atoms. The lowest BCUT2D eigenvalue weighted by molar-refractivity contribution is 0.0691. The molecule has 0 saturated carbocycles. The highest BCUT2D eigenvalue weighted by molar-refractivity contribution is 6.07. The van der Waals surface area contributed by atoms with Gasteiger partial charge in [0.15, 0.2) is 5.69 Å². The zero-order valence-corrected chi connectivity index (χ0v) is 11.9. The van der Waals surface area contributed by atoms with E-state index in [9.17, 15) is 9.59 Å². The van der Waals surface area contributed by atoms with E-state index < -0.39 is 5.97 Å². The molecule has 1 saturated heterocycles. The molecule has 0 aliphatic carbocycles. The van der Waals surface area contributed by atoms with E-state index in [1.807, 2.05) is 18.2 Å². The fourth-order valence-electron chi connectivity index (χ4n) is 2.56. The van der Waals surface area contributed by atoms with Gasteiger partial charge in [0.2, 0.25) is 0 Å². The molecule has 1 fully saturated rings. The van der Waals surface area contributed by atoms with Gasteiger partial charge in [-0.1, -0.05) is 6.07 Å². The maximum atomic E-state index is 12.3. The van der Waals surface area contributed by atoms with Gasteiger partial charge in [-0.25, -0.2) is 4.79 Å². The number of H-pyrrole nitrogens is 1. The first-order valence-corrected chi connectivity index (χ1v) is 7.08. The first-order chi connectivity index (χ1) is 10.6. The topological polar surface area (TPSA) is 98.3 Å². The van der Waals surface area contributed by atoms with Gasteiger partial charge in [0.05, 0.1) is 11.9 Å². The van der Waals surface area contributed by atoms with Crippen molar-refractivity contribution in [2.45, 2.75) is 12.8 Å². The summed E-state index contributed by atoms with van der Waals surface area (Å²) in [4.78, 5) is 25.5. The van der Waals surface area contributed by atoms with E-state index >= 15 is 0 Å². The quantitative estimate of drug-likeness (QED) is 0.801. The van der Waals surface area contributed by atoms with E-state index in [1.165, 1.54) is 6.20 Å². The van der Waals surface area contributed by atoms with Crippen molar-refractivity contribution in [2.75, 3.05) is 23.3 Å². The summed E-state index contributed by atoms with van der Waals surface area (Å²) >= 11 is 0. The highest BCUT2D eigenvalue weighted by Gasteiger charge is 2.17. The van der Waals surface area contributed by atoms with Crippen molar-refractivity contribution < 1.29 is 14.7 Å². The smallest absolute Gasteiger partial charge is 0.356 e. The number of hydrogen-bond acceptors (Lipinski definition) is 4. The fourth-order valence-corrected chi connectivity index (χ4v) is 2.56. The van der Waals surface area contributed by atoms with E-state index in [2.05, 4.69) is 20.4 Å². The molecule has 1 aliphatic heterocycles. The Morgan fingerprint density at radius 1 is 1.27 bits per heavy atom. The zero-order valence-electron chi connectivity index (χ0n) is 11.9. The van der Waals surface area contributed by atoms with Gasteiger partial charge in [-0.3, -0.25) is 9.89 Å². The van der Waals surface area contributed by atoms with Crippen LogP contribution in [-0.4, -0.2) is 40.3 Å². The normalized spacial score (nSPS) is 14.1. The summed E-state index contributed by atoms with van der Waals surface area (Å²) in [5.74, 6) is -1.52. The molecule has 7 nitrogen and oxygen atoms in total. The van der Waals surface area contributed by atoms with Crippen molar-refractivity contribution in [1.29, 1.82) is 0 Å². The number of carboxylic acid groups (broad SMARTS) is 1. The van der Waals surface area contributed by atoms with E-state index in [-0.39, 0.29) is 17.3 Å². The minimum absolute atomic E-state index is 0.135. The number of aromatic carboxylic acids is 1. The van der Waals surface area contributed by atoms with Crippen molar-refractivity contribution in [3.8, 4) is 0 Å². The number of rotatable bonds is 4. The first-order valence-electron chi connectivity index (χ1n) is 7.08. The molecule has 0 atom stereocenters. The van der Waals surface area contributed by atoms with Gasteiger partial charge in [-0.15, -0.1) is 0 Å².